The SMILES string of the molecule is [2H]C([2H])([2H])Oc1ccc([N+](=O)[O-])c(OC(F)F)n1. The first-order valence-corrected chi connectivity index (χ1v) is 3.48. The Balaban J connectivity index is 3.09. The summed E-state index contributed by atoms with van der Waals surface area (Å²) in [4.78, 5) is 12.7. The summed E-state index contributed by atoms with van der Waals surface area (Å²) < 4.78 is 52.4. The van der Waals surface area contributed by atoms with Gasteiger partial charge in [-0.15, -0.1) is 0 Å². The Morgan fingerprint density at radius 2 is 2.40 bits per heavy atom. The second kappa shape index (κ2) is 4.49. The van der Waals surface area contributed by atoms with Crippen LogP contribution in [-0.4, -0.2) is 23.6 Å². The highest BCUT2D eigenvalue weighted by Crippen LogP contribution is 2.28. The lowest BCUT2D eigenvalue weighted by Crippen LogP contribution is -2.06. The van der Waals surface area contributed by atoms with E-state index in [0.717, 1.165) is 12.1 Å². The normalized spacial score (nSPS) is 13.9. The van der Waals surface area contributed by atoms with Crippen molar-refractivity contribution < 1.29 is 27.3 Å². The Kier molecular flexibility index (Phi) is 2.19. The number of alkyl halides is 2. The molecule has 0 N–H and O–H groups in total. The first-order valence-electron chi connectivity index (χ1n) is 4.98. The molecular weight excluding hydrogens is 214 g/mol. The third-order valence-electron chi connectivity index (χ3n) is 1.32. The summed E-state index contributed by atoms with van der Waals surface area (Å²) in [6, 6.07) is 1.62. The van der Waals surface area contributed by atoms with Crippen molar-refractivity contribution in [3.05, 3.63) is 22.2 Å². The van der Waals surface area contributed by atoms with Gasteiger partial charge in [0.05, 0.1) is 16.1 Å². The lowest BCUT2D eigenvalue weighted by molar-refractivity contribution is -0.386. The van der Waals surface area contributed by atoms with E-state index in [1.165, 1.54) is 0 Å². The maximum absolute atomic E-state index is 12.0. The molecule has 0 bridgehead atoms. The number of nitro groups is 1. The summed E-state index contributed by atoms with van der Waals surface area (Å²) >= 11 is 0. The van der Waals surface area contributed by atoms with Crippen LogP contribution in [0.2, 0.25) is 0 Å². The van der Waals surface area contributed by atoms with Gasteiger partial charge in [-0.25, -0.2) is 0 Å². The van der Waals surface area contributed by atoms with E-state index in [1.807, 2.05) is 0 Å². The van der Waals surface area contributed by atoms with Crippen LogP contribution in [0.1, 0.15) is 4.11 Å². The number of ether oxygens (including phenoxy) is 2. The molecule has 0 amide bonds. The topological polar surface area (TPSA) is 74.5 Å². The van der Waals surface area contributed by atoms with Crippen molar-refractivity contribution in [3.8, 4) is 11.8 Å². The van der Waals surface area contributed by atoms with E-state index in [0.29, 0.717) is 0 Å². The molecule has 0 aliphatic carbocycles. The molecule has 0 spiro atoms. The molecule has 0 fully saturated rings. The van der Waals surface area contributed by atoms with Crippen LogP contribution in [-0.2, 0) is 0 Å². The summed E-state index contributed by atoms with van der Waals surface area (Å²) in [5.41, 5.74) is -0.826. The molecule has 1 rings (SSSR count). The zero-order chi connectivity index (χ0) is 13.9. The average Bonchev–Trinajstić information content (AvgIpc) is 2.13. The molecule has 0 unspecified atom stereocenters. The fourth-order valence-electron chi connectivity index (χ4n) is 0.783. The molecule has 6 nitrogen and oxygen atoms in total. The van der Waals surface area contributed by atoms with Crippen molar-refractivity contribution in [1.29, 1.82) is 0 Å². The summed E-state index contributed by atoms with van der Waals surface area (Å²) in [6.07, 6.45) is 0. The van der Waals surface area contributed by atoms with Gasteiger partial charge in [-0.2, -0.15) is 13.8 Å². The number of rotatable bonds is 4. The van der Waals surface area contributed by atoms with Gasteiger partial charge in [0.15, 0.2) is 0 Å². The predicted octanol–water partition coefficient (Wildman–Crippen LogP) is 1.60. The summed E-state index contributed by atoms with van der Waals surface area (Å²) in [7, 11) is -2.86. The number of aromatic nitrogens is 1. The Morgan fingerprint density at radius 1 is 1.67 bits per heavy atom. The largest absolute Gasteiger partial charge is 0.481 e. The zero-order valence-corrected chi connectivity index (χ0v) is 7.02. The van der Waals surface area contributed by atoms with Crippen molar-refractivity contribution in [3.63, 3.8) is 0 Å². The molecule has 0 aliphatic rings. The van der Waals surface area contributed by atoms with Gasteiger partial charge in [0.25, 0.3) is 0 Å². The van der Waals surface area contributed by atoms with Crippen LogP contribution >= 0.6 is 0 Å². The predicted molar refractivity (Wildman–Crippen MR) is 44.1 cm³/mol. The lowest BCUT2D eigenvalue weighted by Gasteiger charge is -2.05. The second-order valence-electron chi connectivity index (χ2n) is 2.21. The zero-order valence-electron chi connectivity index (χ0n) is 10.0. The maximum atomic E-state index is 12.0. The van der Waals surface area contributed by atoms with Gasteiger partial charge in [-0.1, -0.05) is 0 Å². The molecule has 0 saturated heterocycles. The van der Waals surface area contributed by atoms with Crippen LogP contribution in [0.3, 0.4) is 0 Å². The first-order chi connectivity index (χ1) is 8.19. The molecule has 15 heavy (non-hydrogen) atoms. The number of hydrogen-bond donors (Lipinski definition) is 0. The smallest absolute Gasteiger partial charge is 0.388 e. The molecule has 8 heteroatoms. The Hall–Kier alpha value is -1.99. The number of nitrogens with zero attached hydrogens (tertiary/aromatic N) is 2. The van der Waals surface area contributed by atoms with E-state index in [9.17, 15) is 18.9 Å². The molecule has 1 heterocycles. The quantitative estimate of drug-likeness (QED) is 0.572. The molecule has 82 valence electrons. The first kappa shape index (κ1) is 7.32. The van der Waals surface area contributed by atoms with E-state index in [2.05, 4.69) is 14.5 Å². The minimum Gasteiger partial charge on any atom is -0.481 e. The summed E-state index contributed by atoms with van der Waals surface area (Å²) in [6.45, 7) is -3.33. The van der Waals surface area contributed by atoms with Gasteiger partial charge >= 0.3 is 18.2 Å². The van der Waals surface area contributed by atoms with Gasteiger partial charge in [-0.05, 0) is 0 Å². The van der Waals surface area contributed by atoms with Crippen LogP contribution < -0.4 is 9.47 Å². The van der Waals surface area contributed by atoms with Gasteiger partial charge in [0.1, 0.15) is 0 Å². The van der Waals surface area contributed by atoms with Crippen molar-refractivity contribution >= 4 is 5.69 Å². The molecular formula is C7H6F2N2O4. The Labute approximate surface area is 86.8 Å². The fraction of sp³-hybridized carbons (Fsp3) is 0.286. The van der Waals surface area contributed by atoms with Crippen molar-refractivity contribution in [1.82, 2.24) is 4.98 Å². The maximum Gasteiger partial charge on any atom is 0.388 e. The van der Waals surface area contributed by atoms with Gasteiger partial charge in [0, 0.05) is 12.1 Å². The minimum absolute atomic E-state index is 0.587. The summed E-state index contributed by atoms with van der Waals surface area (Å²) in [5.74, 6) is -1.60. The number of pyridine rings is 1. The Bertz CT molecular complexity index is 455. The van der Waals surface area contributed by atoms with Gasteiger partial charge < -0.3 is 9.47 Å². The highest BCUT2D eigenvalue weighted by molar-refractivity contribution is 5.42. The molecule has 0 atom stereocenters. The Morgan fingerprint density at radius 3 is 2.93 bits per heavy atom. The van der Waals surface area contributed by atoms with Crippen LogP contribution in [0.5, 0.6) is 11.8 Å². The third-order valence-corrected chi connectivity index (χ3v) is 1.32. The molecule has 0 aromatic carbocycles. The standard InChI is InChI=1S/C7H6F2N2O4/c1-14-5-3-2-4(11(12)13)6(10-5)15-7(8)9/h2-3,7H,1H3/i1D3. The number of hydrogen-bond acceptors (Lipinski definition) is 5. The van der Waals surface area contributed by atoms with E-state index in [1.54, 1.807) is 0 Å². The summed E-state index contributed by atoms with van der Waals surface area (Å²) in [5, 5.41) is 10.5. The van der Waals surface area contributed by atoms with Crippen LogP contribution in [0.15, 0.2) is 12.1 Å². The number of methoxy groups -OCH3 is 1. The van der Waals surface area contributed by atoms with E-state index >= 15 is 0 Å². The van der Waals surface area contributed by atoms with Crippen LogP contribution in [0.4, 0.5) is 14.5 Å². The highest BCUT2D eigenvalue weighted by atomic mass is 19.3. The second-order valence-corrected chi connectivity index (χ2v) is 2.21. The van der Waals surface area contributed by atoms with Gasteiger partial charge in [0.2, 0.25) is 5.88 Å². The van der Waals surface area contributed by atoms with E-state index in [4.69, 9.17) is 4.11 Å². The molecule has 1 aromatic heterocycles. The van der Waals surface area contributed by atoms with Crippen molar-refractivity contribution in [2.24, 2.45) is 0 Å². The van der Waals surface area contributed by atoms with Crippen molar-refractivity contribution in [2.45, 2.75) is 6.61 Å². The number of halogens is 2. The van der Waals surface area contributed by atoms with Crippen LogP contribution in [0, 0.1) is 10.1 Å². The van der Waals surface area contributed by atoms with Crippen molar-refractivity contribution in [2.75, 3.05) is 7.04 Å². The molecule has 0 saturated carbocycles. The monoisotopic (exact) mass is 223 g/mol. The molecule has 0 aliphatic heterocycles. The third kappa shape index (κ3) is 2.73. The lowest BCUT2D eigenvalue weighted by atomic mass is 10.4. The molecule has 1 aromatic rings. The van der Waals surface area contributed by atoms with Crippen LogP contribution in [0.25, 0.3) is 0 Å². The minimum atomic E-state index is -3.33. The van der Waals surface area contributed by atoms with Gasteiger partial charge in [-0.3, -0.25) is 10.1 Å². The fourth-order valence-corrected chi connectivity index (χ4v) is 0.783. The average molecular weight is 223 g/mol. The molecule has 0 radical (unpaired) electrons. The van der Waals surface area contributed by atoms with E-state index < -0.39 is 36.0 Å². The van der Waals surface area contributed by atoms with E-state index in [-0.39, 0.29) is 0 Å². The highest BCUT2D eigenvalue weighted by Gasteiger charge is 2.21.